The van der Waals surface area contributed by atoms with Gasteiger partial charge in [0, 0.05) is 18.9 Å². The third-order valence-corrected chi connectivity index (χ3v) is 4.54. The lowest BCUT2D eigenvalue weighted by Crippen LogP contribution is -2.32. The van der Waals surface area contributed by atoms with Gasteiger partial charge in [0.05, 0.1) is 33.0 Å². The van der Waals surface area contributed by atoms with Gasteiger partial charge in [-0.15, -0.1) is 0 Å². The number of nitrogens with zero attached hydrogens (tertiary/aromatic N) is 2. The van der Waals surface area contributed by atoms with E-state index in [2.05, 4.69) is 10.3 Å². The third-order valence-electron chi connectivity index (χ3n) is 4.54. The molecule has 0 radical (unpaired) electrons. The van der Waals surface area contributed by atoms with Gasteiger partial charge in [0.2, 0.25) is 5.91 Å². The highest BCUT2D eigenvalue weighted by Crippen LogP contribution is 2.27. The number of ether oxygens (including phenoxy) is 2. The standard InChI is InChI=1S/C21H23N3O3.C2HF3O2/c1-26-19-9-8-16(12-20(19)27-2)13-21(25)23-18(14-24-11-10-22-15-24)17-6-4-3-5-7-17;3-2(4,5)1(6)7/h3-12,15,18H,13-14H2,1-2H3,(H,23,25);(H,6,7). The Labute approximate surface area is 194 Å². The molecule has 1 unspecified atom stereocenters. The maximum absolute atomic E-state index is 12.7. The molecule has 3 rings (SSSR count). The van der Waals surface area contributed by atoms with Crippen molar-refractivity contribution in [2.75, 3.05) is 14.2 Å². The number of hydrogen-bond acceptors (Lipinski definition) is 5. The molecule has 1 heterocycles. The van der Waals surface area contributed by atoms with Gasteiger partial charge in [0.25, 0.3) is 0 Å². The minimum Gasteiger partial charge on any atom is -0.493 e. The topological polar surface area (TPSA) is 103 Å². The van der Waals surface area contributed by atoms with Crippen molar-refractivity contribution in [2.24, 2.45) is 0 Å². The normalized spacial score (nSPS) is 11.6. The molecule has 0 aliphatic heterocycles. The number of imidazole rings is 1. The Bertz CT molecular complexity index is 1060. The maximum Gasteiger partial charge on any atom is 0.490 e. The fourth-order valence-corrected chi connectivity index (χ4v) is 2.95. The number of rotatable bonds is 8. The molecule has 0 spiro atoms. The van der Waals surface area contributed by atoms with E-state index in [-0.39, 0.29) is 18.4 Å². The second-order valence-electron chi connectivity index (χ2n) is 6.96. The molecule has 0 fully saturated rings. The first-order valence-electron chi connectivity index (χ1n) is 9.95. The summed E-state index contributed by atoms with van der Waals surface area (Å²) in [6, 6.07) is 15.3. The molecule has 0 saturated heterocycles. The molecule has 11 heteroatoms. The summed E-state index contributed by atoms with van der Waals surface area (Å²) in [5.41, 5.74) is 1.91. The molecular weight excluding hydrogens is 455 g/mol. The average molecular weight is 479 g/mol. The zero-order valence-corrected chi connectivity index (χ0v) is 18.5. The van der Waals surface area contributed by atoms with Crippen molar-refractivity contribution in [3.05, 3.63) is 78.4 Å². The number of carboxylic acid groups (broad SMARTS) is 1. The Balaban J connectivity index is 0.000000509. The number of hydrogen-bond donors (Lipinski definition) is 2. The van der Waals surface area contributed by atoms with Crippen molar-refractivity contribution in [1.29, 1.82) is 0 Å². The van der Waals surface area contributed by atoms with E-state index >= 15 is 0 Å². The van der Waals surface area contributed by atoms with Crippen LogP contribution in [0.2, 0.25) is 0 Å². The molecule has 1 amide bonds. The van der Waals surface area contributed by atoms with E-state index in [1.165, 1.54) is 0 Å². The largest absolute Gasteiger partial charge is 0.493 e. The number of halogens is 3. The Hall–Kier alpha value is -4.02. The first-order valence-corrected chi connectivity index (χ1v) is 9.95. The fraction of sp³-hybridized carbons (Fsp3) is 0.261. The fourth-order valence-electron chi connectivity index (χ4n) is 2.95. The minimum atomic E-state index is -5.08. The Morgan fingerprint density at radius 1 is 1.09 bits per heavy atom. The third kappa shape index (κ3) is 8.15. The van der Waals surface area contributed by atoms with E-state index in [1.54, 1.807) is 26.7 Å². The average Bonchev–Trinajstić information content (AvgIpc) is 3.32. The molecule has 182 valence electrons. The van der Waals surface area contributed by atoms with Crippen LogP contribution in [0, 0.1) is 0 Å². The molecule has 2 aromatic carbocycles. The van der Waals surface area contributed by atoms with Crippen LogP contribution in [0.4, 0.5) is 13.2 Å². The summed E-state index contributed by atoms with van der Waals surface area (Å²) in [7, 11) is 3.17. The molecule has 34 heavy (non-hydrogen) atoms. The SMILES string of the molecule is COc1ccc(CC(=O)NC(Cn2ccnc2)c2ccccc2)cc1OC.O=C(O)C(F)(F)F. The van der Waals surface area contributed by atoms with E-state index in [4.69, 9.17) is 19.4 Å². The van der Waals surface area contributed by atoms with E-state index in [0.29, 0.717) is 18.0 Å². The quantitative estimate of drug-likeness (QED) is 0.512. The van der Waals surface area contributed by atoms with Crippen LogP contribution in [0.25, 0.3) is 0 Å². The second kappa shape index (κ2) is 12.3. The van der Waals surface area contributed by atoms with Crippen molar-refractivity contribution in [2.45, 2.75) is 25.2 Å². The van der Waals surface area contributed by atoms with Crippen LogP contribution in [0.1, 0.15) is 17.2 Å². The van der Waals surface area contributed by atoms with E-state index in [9.17, 15) is 18.0 Å². The predicted octanol–water partition coefficient (Wildman–Crippen LogP) is 3.63. The number of benzene rings is 2. The van der Waals surface area contributed by atoms with Crippen LogP contribution < -0.4 is 14.8 Å². The highest BCUT2D eigenvalue weighted by Gasteiger charge is 2.38. The monoisotopic (exact) mass is 479 g/mol. The number of carbonyl (C=O) groups is 2. The van der Waals surface area contributed by atoms with Crippen molar-refractivity contribution < 1.29 is 37.3 Å². The second-order valence-corrected chi connectivity index (χ2v) is 6.96. The molecule has 3 aromatic rings. The van der Waals surface area contributed by atoms with Gasteiger partial charge in [-0.3, -0.25) is 4.79 Å². The van der Waals surface area contributed by atoms with Gasteiger partial charge in [-0.25, -0.2) is 9.78 Å². The van der Waals surface area contributed by atoms with Crippen molar-refractivity contribution in [3.8, 4) is 11.5 Å². The number of nitrogens with one attached hydrogen (secondary N) is 1. The first kappa shape index (κ1) is 26.2. The molecule has 1 aromatic heterocycles. The molecule has 0 aliphatic carbocycles. The van der Waals surface area contributed by atoms with Crippen LogP contribution in [0.5, 0.6) is 11.5 Å². The smallest absolute Gasteiger partial charge is 0.490 e. The summed E-state index contributed by atoms with van der Waals surface area (Å²) < 4.78 is 44.2. The Morgan fingerprint density at radius 2 is 1.74 bits per heavy atom. The number of carboxylic acids is 1. The minimum absolute atomic E-state index is 0.0591. The van der Waals surface area contributed by atoms with Crippen molar-refractivity contribution in [1.82, 2.24) is 14.9 Å². The van der Waals surface area contributed by atoms with Crippen molar-refractivity contribution in [3.63, 3.8) is 0 Å². The zero-order valence-electron chi connectivity index (χ0n) is 18.5. The van der Waals surface area contributed by atoms with Gasteiger partial charge < -0.3 is 24.5 Å². The number of alkyl halides is 3. The van der Waals surface area contributed by atoms with Crippen LogP contribution in [-0.4, -0.2) is 46.9 Å². The summed E-state index contributed by atoms with van der Waals surface area (Å²) in [6.45, 7) is 0.613. The number of methoxy groups -OCH3 is 2. The van der Waals surface area contributed by atoms with Gasteiger partial charge in [-0.2, -0.15) is 13.2 Å². The van der Waals surface area contributed by atoms with Crippen LogP contribution >= 0.6 is 0 Å². The summed E-state index contributed by atoms with van der Waals surface area (Å²) in [4.78, 5) is 25.6. The number of aromatic nitrogens is 2. The number of amides is 1. The number of aliphatic carboxylic acids is 1. The van der Waals surface area contributed by atoms with Gasteiger partial charge >= 0.3 is 12.1 Å². The molecule has 0 saturated carbocycles. The van der Waals surface area contributed by atoms with Gasteiger partial charge in [0.1, 0.15) is 0 Å². The van der Waals surface area contributed by atoms with Crippen molar-refractivity contribution >= 4 is 11.9 Å². The number of carbonyl (C=O) groups excluding carboxylic acids is 1. The first-order chi connectivity index (χ1) is 16.1. The predicted molar refractivity (Wildman–Crippen MR) is 116 cm³/mol. The van der Waals surface area contributed by atoms with E-state index in [1.807, 2.05) is 59.3 Å². The zero-order chi connectivity index (χ0) is 25.1. The Morgan fingerprint density at radius 3 is 2.26 bits per heavy atom. The molecule has 0 aliphatic rings. The van der Waals surface area contributed by atoms with Gasteiger partial charge in [-0.05, 0) is 23.3 Å². The molecular formula is C23H24F3N3O5. The Kier molecular flexibility index (Phi) is 9.48. The molecule has 8 nitrogen and oxygen atoms in total. The lowest BCUT2D eigenvalue weighted by Gasteiger charge is -2.20. The van der Waals surface area contributed by atoms with Crippen LogP contribution in [-0.2, 0) is 22.6 Å². The summed E-state index contributed by atoms with van der Waals surface area (Å²) in [5, 5.41) is 10.3. The summed E-state index contributed by atoms with van der Waals surface area (Å²) in [6.07, 6.45) is 0.536. The molecule has 1 atom stereocenters. The van der Waals surface area contributed by atoms with Gasteiger partial charge in [0.15, 0.2) is 11.5 Å². The van der Waals surface area contributed by atoms with E-state index in [0.717, 1.165) is 11.1 Å². The summed E-state index contributed by atoms with van der Waals surface area (Å²) >= 11 is 0. The highest BCUT2D eigenvalue weighted by molar-refractivity contribution is 5.79. The maximum atomic E-state index is 12.7. The molecule has 2 N–H and O–H groups in total. The van der Waals surface area contributed by atoms with Gasteiger partial charge in [-0.1, -0.05) is 36.4 Å². The van der Waals surface area contributed by atoms with E-state index < -0.39 is 12.1 Å². The van der Waals surface area contributed by atoms with Crippen LogP contribution in [0.15, 0.2) is 67.3 Å². The summed E-state index contributed by atoms with van der Waals surface area (Å²) in [5.74, 6) is -1.56. The highest BCUT2D eigenvalue weighted by atomic mass is 19.4. The lowest BCUT2D eigenvalue weighted by molar-refractivity contribution is -0.192. The molecule has 0 bridgehead atoms. The van der Waals surface area contributed by atoms with Crippen LogP contribution in [0.3, 0.4) is 0 Å². The lowest BCUT2D eigenvalue weighted by atomic mass is 10.1.